The summed E-state index contributed by atoms with van der Waals surface area (Å²) < 4.78 is 3.84. The monoisotopic (exact) mass is 165 g/mol. The molecule has 0 heterocycles. The summed E-state index contributed by atoms with van der Waals surface area (Å²) in [7, 11) is 0. The minimum absolute atomic E-state index is 0.783. The van der Waals surface area contributed by atoms with Gasteiger partial charge in [0.15, 0.2) is 0 Å². The molecule has 0 amide bonds. The van der Waals surface area contributed by atoms with Crippen molar-refractivity contribution < 1.29 is 29.1 Å². The zero-order valence-corrected chi connectivity index (χ0v) is 5.45. The molecule has 6 nitrogen and oxygen atoms in total. The molecule has 0 aromatic carbocycles. The zero-order valence-electron chi connectivity index (χ0n) is 3.03. The zero-order chi connectivity index (χ0) is 5.54. The average Bonchev–Trinajstić information content (AvgIpc) is 1.69. The summed E-state index contributed by atoms with van der Waals surface area (Å²) in [5.41, 5.74) is 0. The van der Waals surface area contributed by atoms with E-state index in [2.05, 4.69) is 23.8 Å². The van der Waals surface area contributed by atoms with Crippen molar-refractivity contribution in [3.05, 3.63) is 0 Å². The van der Waals surface area contributed by atoms with Crippen molar-refractivity contribution in [2.24, 2.45) is 0 Å². The van der Waals surface area contributed by atoms with Gasteiger partial charge in [0, 0.05) is 0 Å². The molecule has 3 radical (unpaired) electrons. The summed E-state index contributed by atoms with van der Waals surface area (Å²) in [6.45, 7) is 0. The molecule has 7 heavy (non-hydrogen) atoms. The molecule has 0 saturated heterocycles. The van der Waals surface area contributed by atoms with Crippen LogP contribution >= 0.6 is 0 Å². The van der Waals surface area contributed by atoms with E-state index in [0.29, 0.717) is 0 Å². The van der Waals surface area contributed by atoms with Crippen LogP contribution in [0.25, 0.3) is 0 Å². The molecule has 0 N–H and O–H groups in total. The van der Waals surface area contributed by atoms with Gasteiger partial charge < -0.3 is 0 Å². The van der Waals surface area contributed by atoms with Gasteiger partial charge in [-0.05, 0) is 0 Å². The maximum absolute atomic E-state index is 8.83. The molecule has 0 fully saturated rings. The van der Waals surface area contributed by atoms with E-state index in [4.69, 9.17) is 5.26 Å². The SMILES string of the molecule is [O]OOOO[O][Ga]. The molecule has 0 spiro atoms. The average molecular weight is 166 g/mol. The molecular weight excluding hydrogens is 166 g/mol. The molecule has 0 aliphatic rings. The standard InChI is InChI=1S/Ga.HO6/c;1-3-5-6-4-2/h;1H/q+1;/p-1. The minimum atomic E-state index is 0.783. The number of rotatable bonds is 4. The van der Waals surface area contributed by atoms with Gasteiger partial charge in [-0.3, -0.25) is 0 Å². The molecule has 0 bridgehead atoms. The second-order valence-electron chi connectivity index (χ2n) is 0.368. The van der Waals surface area contributed by atoms with Crippen LogP contribution in [-0.2, 0) is 29.1 Å². The third-order valence-electron chi connectivity index (χ3n) is 0.123. The van der Waals surface area contributed by atoms with Crippen LogP contribution in [0.1, 0.15) is 0 Å². The first-order valence-corrected chi connectivity index (χ1v) is 2.06. The molecule has 0 aliphatic carbocycles. The molecule has 0 unspecified atom stereocenters. The van der Waals surface area contributed by atoms with E-state index in [1.165, 1.54) is 0 Å². The Balaban J connectivity index is 2.45. The Morgan fingerprint density at radius 3 is 2.29 bits per heavy atom. The molecule has 0 aromatic rings. The van der Waals surface area contributed by atoms with Crippen molar-refractivity contribution in [3.8, 4) is 0 Å². The van der Waals surface area contributed by atoms with Crippen molar-refractivity contribution in [2.45, 2.75) is 0 Å². The molecule has 0 rings (SSSR count). The van der Waals surface area contributed by atoms with Gasteiger partial charge in [0.05, 0.1) is 0 Å². The fraction of sp³-hybridized carbons (Fsp3) is 0. The second kappa shape index (κ2) is 6.40. The molecule has 0 aliphatic heterocycles. The molecule has 0 aromatic heterocycles. The van der Waals surface area contributed by atoms with E-state index in [-0.39, 0.29) is 0 Å². The van der Waals surface area contributed by atoms with Crippen LogP contribution in [0, 0.1) is 0 Å². The van der Waals surface area contributed by atoms with E-state index >= 15 is 0 Å². The Labute approximate surface area is 48.8 Å². The van der Waals surface area contributed by atoms with Crippen molar-refractivity contribution >= 4 is 19.0 Å². The van der Waals surface area contributed by atoms with Crippen molar-refractivity contribution in [1.29, 1.82) is 0 Å². The first-order chi connectivity index (χ1) is 3.41. The van der Waals surface area contributed by atoms with E-state index in [9.17, 15) is 0 Å². The fourth-order valence-corrected chi connectivity index (χ4v) is 0.106. The predicted octanol–water partition coefficient (Wildman–Crippen LogP) is -0.842. The van der Waals surface area contributed by atoms with Crippen molar-refractivity contribution in [3.63, 3.8) is 0 Å². The Hall–Kier alpha value is 0.396. The molecule has 0 saturated carbocycles. The topological polar surface area (TPSA) is 66.1 Å². The normalized spacial score (nSPS) is 9.29. The van der Waals surface area contributed by atoms with Gasteiger partial charge >= 0.3 is 48.1 Å². The summed E-state index contributed by atoms with van der Waals surface area (Å²) in [6.07, 6.45) is 0. The van der Waals surface area contributed by atoms with Crippen LogP contribution in [0.3, 0.4) is 0 Å². The summed E-state index contributed by atoms with van der Waals surface area (Å²) in [4.78, 5) is 0. The first-order valence-electron chi connectivity index (χ1n) is 1.07. The maximum atomic E-state index is 8.83. The summed E-state index contributed by atoms with van der Waals surface area (Å²) >= 11 is 0.783. The summed E-state index contributed by atoms with van der Waals surface area (Å²) in [5.74, 6) is 0. The van der Waals surface area contributed by atoms with Crippen LogP contribution in [0.15, 0.2) is 0 Å². The quantitative estimate of drug-likeness (QED) is 0.235. The van der Waals surface area contributed by atoms with E-state index < -0.39 is 0 Å². The van der Waals surface area contributed by atoms with Gasteiger partial charge in [0.1, 0.15) is 0 Å². The summed E-state index contributed by atoms with van der Waals surface area (Å²) in [5, 5.41) is 21.6. The van der Waals surface area contributed by atoms with E-state index in [0.717, 1.165) is 19.0 Å². The van der Waals surface area contributed by atoms with Crippen LogP contribution < -0.4 is 0 Å². The Bertz CT molecular complexity index is 23.4. The molecule has 7 heteroatoms. The van der Waals surface area contributed by atoms with Crippen molar-refractivity contribution in [1.82, 2.24) is 0 Å². The number of hydrogen-bond acceptors (Lipinski definition) is 5. The fourth-order valence-electron chi connectivity index (χ4n) is 0.0387. The molecule has 0 atom stereocenters. The van der Waals surface area contributed by atoms with Crippen LogP contribution in [-0.4, -0.2) is 19.0 Å². The van der Waals surface area contributed by atoms with Gasteiger partial charge in [0.25, 0.3) is 0 Å². The second-order valence-corrected chi connectivity index (χ2v) is 0.772. The Kier molecular flexibility index (Phi) is 6.76. The Morgan fingerprint density at radius 2 is 1.86 bits per heavy atom. The van der Waals surface area contributed by atoms with Crippen LogP contribution in [0.5, 0.6) is 0 Å². The van der Waals surface area contributed by atoms with Gasteiger partial charge in [-0.1, -0.05) is 0 Å². The number of hydrogen-bond donors (Lipinski definition) is 0. The Morgan fingerprint density at radius 1 is 1.14 bits per heavy atom. The van der Waals surface area contributed by atoms with E-state index in [1.54, 1.807) is 0 Å². The predicted molar refractivity (Wildman–Crippen MR) is 11.9 cm³/mol. The van der Waals surface area contributed by atoms with Gasteiger partial charge in [-0.25, -0.2) is 0 Å². The van der Waals surface area contributed by atoms with Crippen LogP contribution in [0.4, 0.5) is 0 Å². The van der Waals surface area contributed by atoms with Crippen molar-refractivity contribution in [2.75, 3.05) is 0 Å². The van der Waals surface area contributed by atoms with E-state index in [1.807, 2.05) is 0 Å². The third kappa shape index (κ3) is 6.40. The molecular formula is GaO6. The third-order valence-corrected chi connectivity index (χ3v) is 0.287. The van der Waals surface area contributed by atoms with Crippen LogP contribution in [0.2, 0.25) is 0 Å². The summed E-state index contributed by atoms with van der Waals surface area (Å²) in [6, 6.07) is 0. The van der Waals surface area contributed by atoms with Gasteiger partial charge in [-0.15, -0.1) is 0 Å². The van der Waals surface area contributed by atoms with Gasteiger partial charge in [0.2, 0.25) is 0 Å². The molecule has 39 valence electrons. The van der Waals surface area contributed by atoms with Gasteiger partial charge in [-0.2, -0.15) is 0 Å². The first kappa shape index (κ1) is 7.40.